The van der Waals surface area contributed by atoms with E-state index in [1.165, 1.54) is 0 Å². The first-order valence-electron chi connectivity index (χ1n) is 10.7. The van der Waals surface area contributed by atoms with E-state index in [1.807, 2.05) is 23.1 Å². The number of anilines is 1. The Hall–Kier alpha value is -3.23. The van der Waals surface area contributed by atoms with E-state index in [1.54, 1.807) is 42.5 Å². The maximum Gasteiger partial charge on any atom is 0.411 e. The normalized spacial score (nSPS) is 14.2. The zero-order valence-electron chi connectivity index (χ0n) is 18.0. The maximum atomic E-state index is 12.9. The predicted molar refractivity (Wildman–Crippen MR) is 126 cm³/mol. The van der Waals surface area contributed by atoms with Crippen LogP contribution in [-0.4, -0.2) is 59.6 Å². The van der Waals surface area contributed by atoms with Crippen LogP contribution in [-0.2, 0) is 11.3 Å². The summed E-state index contributed by atoms with van der Waals surface area (Å²) in [6.45, 7) is 5.73. The second kappa shape index (κ2) is 10.4. The molecule has 2 aromatic carbocycles. The van der Waals surface area contributed by atoms with Crippen molar-refractivity contribution in [3.8, 4) is 10.6 Å². The minimum absolute atomic E-state index is 0.0304. The van der Waals surface area contributed by atoms with E-state index in [-0.39, 0.29) is 5.91 Å². The van der Waals surface area contributed by atoms with Crippen molar-refractivity contribution in [2.45, 2.75) is 13.5 Å². The second-order valence-corrected chi connectivity index (χ2v) is 8.36. The summed E-state index contributed by atoms with van der Waals surface area (Å²) in [7, 11) is 0. The molecule has 4 rings (SSSR count). The summed E-state index contributed by atoms with van der Waals surface area (Å²) < 4.78 is 4.89. The number of amides is 2. The molecular formula is C24H26N4O3S. The molecule has 0 bridgehead atoms. The summed E-state index contributed by atoms with van der Waals surface area (Å²) in [5.74, 6) is -0.0304. The van der Waals surface area contributed by atoms with E-state index in [0.717, 1.165) is 35.9 Å². The number of thiazole rings is 1. The number of hydrogen-bond acceptors (Lipinski definition) is 6. The number of aromatic nitrogens is 1. The van der Waals surface area contributed by atoms with Crippen LogP contribution < -0.4 is 5.32 Å². The molecule has 1 aliphatic heterocycles. The molecule has 32 heavy (non-hydrogen) atoms. The van der Waals surface area contributed by atoms with E-state index >= 15 is 0 Å². The zero-order chi connectivity index (χ0) is 22.3. The molecular weight excluding hydrogens is 424 g/mol. The first-order chi connectivity index (χ1) is 15.6. The molecule has 1 aliphatic rings. The lowest BCUT2D eigenvalue weighted by atomic mass is 10.1. The van der Waals surface area contributed by atoms with Gasteiger partial charge in [-0.3, -0.25) is 15.0 Å². The quantitative estimate of drug-likeness (QED) is 0.605. The summed E-state index contributed by atoms with van der Waals surface area (Å²) in [6.07, 6.45) is -0.525. The first-order valence-corrected chi connectivity index (χ1v) is 11.6. The third-order valence-electron chi connectivity index (χ3n) is 5.25. The van der Waals surface area contributed by atoms with E-state index in [9.17, 15) is 9.59 Å². The van der Waals surface area contributed by atoms with E-state index in [4.69, 9.17) is 9.72 Å². The average molecular weight is 451 g/mol. The molecule has 0 atom stereocenters. The Morgan fingerprint density at radius 3 is 2.59 bits per heavy atom. The fourth-order valence-corrected chi connectivity index (χ4v) is 4.45. The van der Waals surface area contributed by atoms with Crippen LogP contribution in [0.5, 0.6) is 0 Å². The Kier molecular flexibility index (Phi) is 7.14. The third-order valence-corrected chi connectivity index (χ3v) is 6.19. The highest BCUT2D eigenvalue weighted by Gasteiger charge is 2.23. The van der Waals surface area contributed by atoms with Crippen molar-refractivity contribution in [3.63, 3.8) is 0 Å². The van der Waals surface area contributed by atoms with Gasteiger partial charge >= 0.3 is 6.09 Å². The van der Waals surface area contributed by atoms with Gasteiger partial charge in [-0.15, -0.1) is 11.3 Å². The lowest BCUT2D eigenvalue weighted by Gasteiger charge is -2.34. The van der Waals surface area contributed by atoms with Crippen LogP contribution in [0.3, 0.4) is 0 Å². The molecule has 2 heterocycles. The van der Waals surface area contributed by atoms with E-state index < -0.39 is 6.09 Å². The minimum Gasteiger partial charge on any atom is -0.450 e. The number of rotatable bonds is 6. The Morgan fingerprint density at radius 2 is 1.84 bits per heavy atom. The molecule has 0 unspecified atom stereocenters. The number of nitrogens with one attached hydrogen (secondary N) is 1. The van der Waals surface area contributed by atoms with Gasteiger partial charge in [0, 0.05) is 54.9 Å². The Bertz CT molecular complexity index is 1060. The number of carbonyl (C=O) groups is 2. The topological polar surface area (TPSA) is 74.8 Å². The highest BCUT2D eigenvalue weighted by Crippen LogP contribution is 2.24. The number of carbonyl (C=O) groups excluding carboxylic acids is 2. The summed E-state index contributed by atoms with van der Waals surface area (Å²) in [6, 6.07) is 17.2. The standard InChI is InChI=1S/C24H26N4O3S/c1-2-31-24(30)26-20-10-6-9-19(15-20)23(29)28-13-11-27(12-14-28)16-21-17-32-22(25-21)18-7-4-3-5-8-18/h3-10,15,17H,2,11-14,16H2,1H3,(H,26,30). The van der Waals surface area contributed by atoms with Crippen LogP contribution in [0.4, 0.5) is 10.5 Å². The van der Waals surface area contributed by atoms with Crippen molar-refractivity contribution in [1.82, 2.24) is 14.8 Å². The fraction of sp³-hybridized carbons (Fsp3) is 0.292. The van der Waals surface area contributed by atoms with Gasteiger partial charge in [0.15, 0.2) is 0 Å². The lowest BCUT2D eigenvalue weighted by Crippen LogP contribution is -2.48. The summed E-state index contributed by atoms with van der Waals surface area (Å²) >= 11 is 1.66. The number of hydrogen-bond donors (Lipinski definition) is 1. The molecule has 0 spiro atoms. The van der Waals surface area contributed by atoms with Crippen LogP contribution in [0, 0.1) is 0 Å². The van der Waals surface area contributed by atoms with Gasteiger partial charge in [-0.2, -0.15) is 0 Å². The summed E-state index contributed by atoms with van der Waals surface area (Å²) in [4.78, 5) is 33.5. The highest BCUT2D eigenvalue weighted by atomic mass is 32.1. The van der Waals surface area contributed by atoms with Crippen molar-refractivity contribution in [2.75, 3.05) is 38.1 Å². The molecule has 1 N–H and O–H groups in total. The molecule has 166 valence electrons. The monoisotopic (exact) mass is 450 g/mol. The van der Waals surface area contributed by atoms with Crippen molar-refractivity contribution in [3.05, 3.63) is 71.2 Å². The SMILES string of the molecule is CCOC(=O)Nc1cccc(C(=O)N2CCN(Cc3csc(-c4ccccc4)n3)CC2)c1. The Balaban J connectivity index is 1.31. The van der Waals surface area contributed by atoms with Gasteiger partial charge in [0.2, 0.25) is 0 Å². The minimum atomic E-state index is -0.525. The fourth-order valence-electron chi connectivity index (χ4n) is 3.63. The van der Waals surface area contributed by atoms with Crippen LogP contribution in [0.2, 0.25) is 0 Å². The molecule has 1 saturated heterocycles. The third kappa shape index (κ3) is 5.52. The van der Waals surface area contributed by atoms with Crippen molar-refractivity contribution < 1.29 is 14.3 Å². The van der Waals surface area contributed by atoms with Crippen LogP contribution >= 0.6 is 11.3 Å². The Morgan fingerprint density at radius 1 is 1.06 bits per heavy atom. The van der Waals surface area contributed by atoms with Crippen molar-refractivity contribution >= 4 is 29.0 Å². The lowest BCUT2D eigenvalue weighted by molar-refractivity contribution is 0.0627. The van der Waals surface area contributed by atoms with E-state index in [2.05, 4.69) is 27.7 Å². The molecule has 3 aromatic rings. The number of ether oxygens (including phenoxy) is 1. The summed E-state index contributed by atoms with van der Waals surface area (Å²) in [5, 5.41) is 5.79. The van der Waals surface area contributed by atoms with Crippen LogP contribution in [0.1, 0.15) is 23.0 Å². The van der Waals surface area contributed by atoms with Gasteiger partial charge in [0.1, 0.15) is 5.01 Å². The van der Waals surface area contributed by atoms with Gasteiger partial charge in [0.05, 0.1) is 12.3 Å². The van der Waals surface area contributed by atoms with E-state index in [0.29, 0.717) is 30.9 Å². The van der Waals surface area contributed by atoms with Gasteiger partial charge in [0.25, 0.3) is 5.91 Å². The maximum absolute atomic E-state index is 12.9. The molecule has 2 amide bonds. The molecule has 1 fully saturated rings. The molecule has 0 saturated carbocycles. The van der Waals surface area contributed by atoms with Crippen LogP contribution in [0.25, 0.3) is 10.6 Å². The van der Waals surface area contributed by atoms with Crippen LogP contribution in [0.15, 0.2) is 60.0 Å². The number of nitrogens with zero attached hydrogens (tertiary/aromatic N) is 3. The predicted octanol–water partition coefficient (Wildman–Crippen LogP) is 4.34. The molecule has 1 aromatic heterocycles. The largest absolute Gasteiger partial charge is 0.450 e. The van der Waals surface area contributed by atoms with Crippen molar-refractivity contribution in [2.24, 2.45) is 0 Å². The highest BCUT2D eigenvalue weighted by molar-refractivity contribution is 7.13. The number of benzene rings is 2. The smallest absolute Gasteiger partial charge is 0.411 e. The van der Waals surface area contributed by atoms with Gasteiger partial charge in [-0.1, -0.05) is 36.4 Å². The zero-order valence-corrected chi connectivity index (χ0v) is 18.8. The Labute approximate surface area is 191 Å². The van der Waals surface area contributed by atoms with Gasteiger partial charge < -0.3 is 9.64 Å². The number of piperazine rings is 1. The van der Waals surface area contributed by atoms with Gasteiger partial charge in [-0.25, -0.2) is 9.78 Å². The second-order valence-electron chi connectivity index (χ2n) is 7.50. The molecule has 0 aliphatic carbocycles. The average Bonchev–Trinajstić information content (AvgIpc) is 3.28. The van der Waals surface area contributed by atoms with Gasteiger partial charge in [-0.05, 0) is 25.1 Å². The van der Waals surface area contributed by atoms with Crippen molar-refractivity contribution in [1.29, 1.82) is 0 Å². The first kappa shape index (κ1) is 22.0. The molecule has 8 heteroatoms. The molecule has 7 nitrogen and oxygen atoms in total. The summed E-state index contributed by atoms with van der Waals surface area (Å²) in [5.41, 5.74) is 3.30. The molecule has 0 radical (unpaired) electrons.